The van der Waals surface area contributed by atoms with E-state index in [0.717, 1.165) is 12.0 Å². The zero-order chi connectivity index (χ0) is 39.6. The summed E-state index contributed by atoms with van der Waals surface area (Å²) in [7, 11) is 0. The lowest BCUT2D eigenvalue weighted by molar-refractivity contribution is -0.120. The molecule has 54 heavy (non-hydrogen) atoms. The van der Waals surface area contributed by atoms with Crippen molar-refractivity contribution in [3.63, 3.8) is 0 Å². The first kappa shape index (κ1) is 41.5. The maximum Gasteiger partial charge on any atom is 0.420 e. The van der Waals surface area contributed by atoms with Crippen molar-refractivity contribution in [2.75, 3.05) is 18.1 Å². The lowest BCUT2D eigenvalue weighted by Crippen LogP contribution is -2.38. The zero-order valence-electron chi connectivity index (χ0n) is 31.9. The molecule has 3 heterocycles. The molecule has 4 aromatic rings. The summed E-state index contributed by atoms with van der Waals surface area (Å²) in [4.78, 5) is 50.0. The number of aromatic nitrogens is 2. The number of hydrogen-bond donors (Lipinski definition) is 2. The predicted molar refractivity (Wildman–Crippen MR) is 206 cm³/mol. The van der Waals surface area contributed by atoms with Crippen LogP contribution in [0.1, 0.15) is 77.3 Å². The van der Waals surface area contributed by atoms with Crippen molar-refractivity contribution in [3.05, 3.63) is 76.7 Å². The SMILES string of the molecule is CC(C)(C)O.CCNC(=O)OCC1CCC(C#Cc2cc3ncnc(N(C(=O)OC(C)(C)C)c4ccc(OCc5cccc(F)c5)c(C)c4)c3s2)N1C=O. The van der Waals surface area contributed by atoms with Crippen molar-refractivity contribution in [2.24, 2.45) is 0 Å². The van der Waals surface area contributed by atoms with Gasteiger partial charge in [0.25, 0.3) is 0 Å². The highest BCUT2D eigenvalue weighted by atomic mass is 32.1. The monoisotopic (exact) mass is 761 g/mol. The summed E-state index contributed by atoms with van der Waals surface area (Å²) in [5.41, 5.74) is 1.24. The number of carbonyl (C=O) groups is 3. The quantitative estimate of drug-likeness (QED) is 0.130. The Labute approximate surface area is 319 Å². The summed E-state index contributed by atoms with van der Waals surface area (Å²) in [5.74, 6) is 6.92. The lowest BCUT2D eigenvalue weighted by Gasteiger charge is -2.27. The van der Waals surface area contributed by atoms with Crippen molar-refractivity contribution >= 4 is 51.7 Å². The van der Waals surface area contributed by atoms with E-state index in [0.29, 0.717) is 57.3 Å². The minimum Gasteiger partial charge on any atom is -0.489 e. The highest BCUT2D eigenvalue weighted by Gasteiger charge is 2.32. The molecule has 3 amide bonds. The fourth-order valence-electron chi connectivity index (χ4n) is 5.31. The van der Waals surface area contributed by atoms with Crippen LogP contribution in [0.4, 0.5) is 25.5 Å². The number of ether oxygens (including phenoxy) is 3. The van der Waals surface area contributed by atoms with E-state index >= 15 is 0 Å². The summed E-state index contributed by atoms with van der Waals surface area (Å²) < 4.78 is 31.3. The van der Waals surface area contributed by atoms with E-state index in [4.69, 9.17) is 19.3 Å². The fraction of sp³-hybridized carbons (Fsp3) is 0.425. The number of amides is 3. The second-order valence-electron chi connectivity index (χ2n) is 14.6. The molecule has 2 aromatic carbocycles. The summed E-state index contributed by atoms with van der Waals surface area (Å²) in [6.45, 7) is 15.0. The Balaban J connectivity index is 0.00000122. The molecular formula is C40H48FN5O7S. The van der Waals surface area contributed by atoms with Gasteiger partial charge in [0.05, 0.1) is 38.5 Å². The number of alkyl carbamates (subject to hydrolysis) is 1. The van der Waals surface area contributed by atoms with Gasteiger partial charge in [0.1, 0.15) is 36.7 Å². The second kappa shape index (κ2) is 18.2. The normalized spacial score (nSPS) is 15.3. The average Bonchev–Trinajstić information content (AvgIpc) is 3.68. The van der Waals surface area contributed by atoms with Gasteiger partial charge in [-0.05, 0) is 116 Å². The van der Waals surface area contributed by atoms with E-state index in [1.54, 1.807) is 83.7 Å². The third-order valence-electron chi connectivity index (χ3n) is 7.55. The van der Waals surface area contributed by atoms with Crippen LogP contribution >= 0.6 is 11.3 Å². The van der Waals surface area contributed by atoms with Crippen molar-refractivity contribution in [2.45, 2.75) is 98.1 Å². The Morgan fingerprint density at radius 3 is 2.50 bits per heavy atom. The van der Waals surface area contributed by atoms with E-state index in [2.05, 4.69) is 27.1 Å². The number of hydrogen-bond acceptors (Lipinski definition) is 10. The molecule has 1 aliphatic rings. The molecule has 0 radical (unpaired) electrons. The van der Waals surface area contributed by atoms with Gasteiger partial charge in [-0.15, -0.1) is 11.3 Å². The molecule has 0 bridgehead atoms. The summed E-state index contributed by atoms with van der Waals surface area (Å²) in [6.07, 6.45) is 2.26. The molecule has 14 heteroatoms. The number of aliphatic hydroxyl groups is 1. The standard InChI is InChI=1S/C36H38FN5O6S.C4H10O/c1-6-38-34(44)47-20-28-11-10-26(41(28)22-43)12-14-29-18-30-32(49-29)33(40-21-39-30)42(35(45)48-36(3,4)5)27-13-15-31(23(2)16-27)46-19-24-8-7-9-25(37)17-24;1-4(2,3)5/h7-9,13,15-18,21-22,26,28H,6,10-11,19-20H2,1-5H3,(H,38,44);5H,1-3H3. The number of likely N-dealkylation sites (tertiary alicyclic amines) is 1. The zero-order valence-corrected chi connectivity index (χ0v) is 32.8. The van der Waals surface area contributed by atoms with E-state index in [1.807, 2.05) is 13.0 Å². The van der Waals surface area contributed by atoms with Crippen LogP contribution in [-0.2, 0) is 20.9 Å². The van der Waals surface area contributed by atoms with Gasteiger partial charge >= 0.3 is 12.2 Å². The van der Waals surface area contributed by atoms with Crippen LogP contribution in [-0.4, -0.2) is 75.0 Å². The van der Waals surface area contributed by atoms with Gasteiger partial charge in [-0.3, -0.25) is 4.79 Å². The third kappa shape index (κ3) is 12.1. The number of thiophene rings is 1. The van der Waals surface area contributed by atoms with E-state index < -0.39 is 23.4 Å². The first-order valence-electron chi connectivity index (χ1n) is 17.6. The summed E-state index contributed by atoms with van der Waals surface area (Å²) >= 11 is 1.32. The molecule has 2 aromatic heterocycles. The molecule has 1 fully saturated rings. The van der Waals surface area contributed by atoms with Crippen molar-refractivity contribution in [1.82, 2.24) is 20.2 Å². The van der Waals surface area contributed by atoms with Crippen LogP contribution in [0.2, 0.25) is 0 Å². The van der Waals surface area contributed by atoms with Gasteiger partial charge in [-0.25, -0.2) is 28.8 Å². The van der Waals surface area contributed by atoms with Gasteiger partial charge in [0, 0.05) is 6.54 Å². The molecule has 0 aliphatic carbocycles. The first-order valence-corrected chi connectivity index (χ1v) is 18.4. The van der Waals surface area contributed by atoms with E-state index in [-0.39, 0.29) is 31.1 Å². The fourth-order valence-corrected chi connectivity index (χ4v) is 6.26. The first-order chi connectivity index (χ1) is 25.5. The van der Waals surface area contributed by atoms with Gasteiger partial charge in [0.15, 0.2) is 5.82 Å². The highest BCUT2D eigenvalue weighted by molar-refractivity contribution is 7.20. The summed E-state index contributed by atoms with van der Waals surface area (Å²) in [5, 5.41) is 11.1. The molecule has 0 spiro atoms. The van der Waals surface area contributed by atoms with Gasteiger partial charge < -0.3 is 29.5 Å². The van der Waals surface area contributed by atoms with Crippen molar-refractivity contribution < 1.29 is 38.1 Å². The van der Waals surface area contributed by atoms with Crippen molar-refractivity contribution in [3.8, 4) is 17.6 Å². The molecule has 0 saturated carbocycles. The average molecular weight is 762 g/mol. The van der Waals surface area contributed by atoms with Crippen molar-refractivity contribution in [1.29, 1.82) is 0 Å². The number of benzene rings is 2. The molecule has 12 nitrogen and oxygen atoms in total. The minimum atomic E-state index is -0.787. The maximum atomic E-state index is 13.8. The number of carbonyl (C=O) groups excluding carboxylic acids is 3. The lowest BCUT2D eigenvalue weighted by atomic mass is 10.1. The predicted octanol–water partition coefficient (Wildman–Crippen LogP) is 7.66. The Hall–Kier alpha value is -5.26. The molecular weight excluding hydrogens is 714 g/mol. The Bertz CT molecular complexity index is 1990. The van der Waals surface area contributed by atoms with Crippen LogP contribution in [0.25, 0.3) is 10.2 Å². The van der Waals surface area contributed by atoms with Crippen LogP contribution < -0.4 is 15.0 Å². The van der Waals surface area contributed by atoms with Gasteiger partial charge in [-0.1, -0.05) is 24.0 Å². The molecule has 288 valence electrons. The number of anilines is 2. The summed E-state index contributed by atoms with van der Waals surface area (Å²) in [6, 6.07) is 12.7. The third-order valence-corrected chi connectivity index (χ3v) is 8.58. The molecule has 5 rings (SSSR count). The van der Waals surface area contributed by atoms with Gasteiger partial charge in [0.2, 0.25) is 6.41 Å². The van der Waals surface area contributed by atoms with Gasteiger partial charge in [-0.2, -0.15) is 0 Å². The Morgan fingerprint density at radius 1 is 1.11 bits per heavy atom. The Kier molecular flexibility index (Phi) is 14.0. The van der Waals surface area contributed by atoms with Crippen LogP contribution in [0.15, 0.2) is 54.9 Å². The van der Waals surface area contributed by atoms with E-state index in [1.165, 1.54) is 34.7 Å². The number of nitrogens with one attached hydrogen (secondary N) is 1. The smallest absolute Gasteiger partial charge is 0.420 e. The number of halogens is 1. The van der Waals surface area contributed by atoms with Crippen LogP contribution in [0.5, 0.6) is 5.75 Å². The maximum absolute atomic E-state index is 13.8. The number of fused-ring (bicyclic) bond motifs is 1. The van der Waals surface area contributed by atoms with Crippen LogP contribution in [0.3, 0.4) is 0 Å². The molecule has 1 saturated heterocycles. The largest absolute Gasteiger partial charge is 0.489 e. The van der Waals surface area contributed by atoms with Crippen LogP contribution in [0, 0.1) is 24.6 Å². The number of aryl methyl sites for hydroxylation is 1. The molecule has 1 aliphatic heterocycles. The number of rotatable bonds is 9. The van der Waals surface area contributed by atoms with E-state index in [9.17, 15) is 18.8 Å². The highest BCUT2D eigenvalue weighted by Crippen LogP contribution is 2.37. The Morgan fingerprint density at radius 2 is 1.85 bits per heavy atom. The second-order valence-corrected chi connectivity index (χ2v) is 15.6. The molecule has 2 unspecified atom stereocenters. The molecule has 2 N–H and O–H groups in total. The topological polar surface area (TPSA) is 143 Å². The number of nitrogens with zero attached hydrogens (tertiary/aromatic N) is 4. The minimum absolute atomic E-state index is 0.0880. The molecule has 2 atom stereocenters.